The highest BCUT2D eigenvalue weighted by Crippen LogP contribution is 2.35. The zero-order chi connectivity index (χ0) is 19.1. The van der Waals surface area contributed by atoms with Gasteiger partial charge < -0.3 is 20.0 Å². The molecule has 3 aromatic carbocycles. The molecule has 0 aromatic heterocycles. The van der Waals surface area contributed by atoms with Gasteiger partial charge in [0.2, 0.25) is 0 Å². The van der Waals surface area contributed by atoms with Crippen molar-refractivity contribution in [2.75, 3.05) is 14.2 Å². The summed E-state index contributed by atoms with van der Waals surface area (Å²) in [5.41, 5.74) is 6.16. The Hall–Kier alpha value is -3.47. The van der Waals surface area contributed by atoms with Crippen molar-refractivity contribution in [3.05, 3.63) is 89.5 Å². The predicted molar refractivity (Wildman–Crippen MR) is 107 cm³/mol. The van der Waals surface area contributed by atoms with Gasteiger partial charge in [-0.2, -0.15) is 5.10 Å². The van der Waals surface area contributed by atoms with Gasteiger partial charge in [0.15, 0.2) is 0 Å². The lowest BCUT2D eigenvalue weighted by Gasteiger charge is -2.15. The molecule has 0 aliphatic carbocycles. The fraction of sp³-hybridized carbons (Fsp3) is 0.136. The highest BCUT2D eigenvalue weighted by molar-refractivity contribution is 6.16. The summed E-state index contributed by atoms with van der Waals surface area (Å²) in [6.45, 7) is 0.566. The minimum atomic E-state index is 0.0373. The van der Waals surface area contributed by atoms with Gasteiger partial charge in [-0.3, -0.25) is 0 Å². The molecule has 138 valence electrons. The van der Waals surface area contributed by atoms with Crippen molar-refractivity contribution in [3.63, 3.8) is 0 Å². The van der Waals surface area contributed by atoms with Crippen molar-refractivity contribution < 1.29 is 14.6 Å². The van der Waals surface area contributed by atoms with Crippen molar-refractivity contribution in [2.24, 2.45) is 5.10 Å². The molecule has 0 radical (unpaired) electrons. The molecule has 0 atom stereocenters. The second kappa shape index (κ2) is 8.76. The number of rotatable bonds is 7. The van der Waals surface area contributed by atoms with Gasteiger partial charge in [0.05, 0.1) is 26.3 Å². The van der Waals surface area contributed by atoms with Crippen molar-refractivity contribution >= 4 is 5.71 Å². The fourth-order valence-electron chi connectivity index (χ4n) is 2.76. The van der Waals surface area contributed by atoms with E-state index in [9.17, 15) is 5.11 Å². The quantitative estimate of drug-likeness (QED) is 0.493. The van der Waals surface area contributed by atoms with Gasteiger partial charge in [-0.05, 0) is 5.56 Å². The van der Waals surface area contributed by atoms with Gasteiger partial charge in [-0.25, -0.2) is 0 Å². The molecule has 27 heavy (non-hydrogen) atoms. The highest BCUT2D eigenvalue weighted by atomic mass is 16.5. The van der Waals surface area contributed by atoms with E-state index in [0.29, 0.717) is 29.3 Å². The van der Waals surface area contributed by atoms with Crippen LogP contribution in [0.25, 0.3) is 0 Å². The lowest BCUT2D eigenvalue weighted by Crippen LogP contribution is -2.14. The second-order valence-electron chi connectivity index (χ2n) is 5.87. The van der Waals surface area contributed by atoms with Crippen LogP contribution in [-0.4, -0.2) is 25.0 Å². The smallest absolute Gasteiger partial charge is 0.135 e. The van der Waals surface area contributed by atoms with Crippen molar-refractivity contribution in [2.45, 2.75) is 6.54 Å². The Kier molecular flexibility index (Phi) is 5.94. The molecule has 0 heterocycles. The van der Waals surface area contributed by atoms with E-state index in [2.05, 4.69) is 10.5 Å². The molecule has 0 fully saturated rings. The summed E-state index contributed by atoms with van der Waals surface area (Å²) in [5.74, 6) is 1.03. The summed E-state index contributed by atoms with van der Waals surface area (Å²) in [4.78, 5) is 0. The van der Waals surface area contributed by atoms with Gasteiger partial charge in [-0.1, -0.05) is 60.7 Å². The Labute approximate surface area is 158 Å². The number of hydrogen-bond donors (Lipinski definition) is 2. The van der Waals surface area contributed by atoms with E-state index >= 15 is 0 Å². The maximum Gasteiger partial charge on any atom is 0.135 e. The molecule has 3 rings (SSSR count). The van der Waals surface area contributed by atoms with Gasteiger partial charge in [0.25, 0.3) is 0 Å². The average molecular weight is 362 g/mol. The molecule has 0 amide bonds. The summed E-state index contributed by atoms with van der Waals surface area (Å²) >= 11 is 0. The van der Waals surface area contributed by atoms with Crippen LogP contribution in [0, 0.1) is 0 Å². The maximum absolute atomic E-state index is 10.6. The van der Waals surface area contributed by atoms with Crippen LogP contribution in [0.3, 0.4) is 0 Å². The summed E-state index contributed by atoms with van der Waals surface area (Å²) < 4.78 is 10.7. The lowest BCUT2D eigenvalue weighted by atomic mass is 10.00. The van der Waals surface area contributed by atoms with Gasteiger partial charge >= 0.3 is 0 Å². The van der Waals surface area contributed by atoms with E-state index in [1.807, 2.05) is 60.7 Å². The molecule has 2 N–H and O–H groups in total. The second-order valence-corrected chi connectivity index (χ2v) is 5.87. The van der Waals surface area contributed by atoms with Crippen LogP contribution in [0.4, 0.5) is 0 Å². The number of benzene rings is 3. The first kappa shape index (κ1) is 18.3. The third kappa shape index (κ3) is 4.39. The van der Waals surface area contributed by atoms with E-state index in [-0.39, 0.29) is 5.75 Å². The first-order valence-corrected chi connectivity index (χ1v) is 8.58. The van der Waals surface area contributed by atoms with Gasteiger partial charge in [0, 0.05) is 17.7 Å². The SMILES string of the molecule is COc1cc(O)c(/C(=N\NCc2ccccc2)c2ccccc2)c(OC)c1. The van der Waals surface area contributed by atoms with Crippen LogP contribution in [-0.2, 0) is 6.54 Å². The van der Waals surface area contributed by atoms with Crippen LogP contribution < -0.4 is 14.9 Å². The minimum Gasteiger partial charge on any atom is -0.507 e. The number of methoxy groups -OCH3 is 2. The number of nitrogens with zero attached hydrogens (tertiary/aromatic N) is 1. The molecule has 0 saturated carbocycles. The third-order valence-corrected chi connectivity index (χ3v) is 4.11. The number of aromatic hydroxyl groups is 1. The van der Waals surface area contributed by atoms with Crippen molar-refractivity contribution in [3.8, 4) is 17.2 Å². The zero-order valence-electron chi connectivity index (χ0n) is 15.3. The maximum atomic E-state index is 10.6. The molecule has 5 nitrogen and oxygen atoms in total. The first-order valence-electron chi connectivity index (χ1n) is 8.58. The van der Waals surface area contributed by atoms with E-state index in [0.717, 1.165) is 11.1 Å². The average Bonchev–Trinajstić information content (AvgIpc) is 2.72. The van der Waals surface area contributed by atoms with Crippen molar-refractivity contribution in [1.29, 1.82) is 0 Å². The van der Waals surface area contributed by atoms with E-state index in [1.165, 1.54) is 0 Å². The molecule has 0 aliphatic heterocycles. The minimum absolute atomic E-state index is 0.0373. The van der Waals surface area contributed by atoms with E-state index in [1.54, 1.807) is 26.4 Å². The monoisotopic (exact) mass is 362 g/mol. The number of phenolic OH excluding ortho intramolecular Hbond substituents is 1. The summed E-state index contributed by atoms with van der Waals surface area (Å²) in [6.07, 6.45) is 0. The molecule has 0 bridgehead atoms. The van der Waals surface area contributed by atoms with Gasteiger partial charge in [-0.15, -0.1) is 0 Å². The Morgan fingerprint density at radius 3 is 2.22 bits per heavy atom. The standard InChI is InChI=1S/C22H22N2O3/c1-26-18-13-19(25)21(20(14-18)27-2)22(17-11-7-4-8-12-17)24-23-15-16-9-5-3-6-10-16/h3-14,23,25H,15H2,1-2H3/b24-22-. The Morgan fingerprint density at radius 2 is 1.59 bits per heavy atom. The fourth-order valence-corrected chi connectivity index (χ4v) is 2.76. The van der Waals surface area contributed by atoms with Crippen LogP contribution >= 0.6 is 0 Å². The predicted octanol–water partition coefficient (Wildman–Crippen LogP) is 3.95. The highest BCUT2D eigenvalue weighted by Gasteiger charge is 2.19. The normalized spacial score (nSPS) is 11.1. The van der Waals surface area contributed by atoms with E-state index in [4.69, 9.17) is 9.47 Å². The Morgan fingerprint density at radius 1 is 0.926 bits per heavy atom. The van der Waals surface area contributed by atoms with Crippen LogP contribution in [0.1, 0.15) is 16.7 Å². The molecular weight excluding hydrogens is 340 g/mol. The Balaban J connectivity index is 2.02. The van der Waals surface area contributed by atoms with Crippen LogP contribution in [0.5, 0.6) is 17.2 Å². The van der Waals surface area contributed by atoms with Crippen LogP contribution in [0.2, 0.25) is 0 Å². The largest absolute Gasteiger partial charge is 0.507 e. The van der Waals surface area contributed by atoms with E-state index < -0.39 is 0 Å². The molecule has 3 aromatic rings. The summed E-state index contributed by atoms with van der Waals surface area (Å²) in [6, 6.07) is 22.9. The number of phenols is 1. The molecule has 0 saturated heterocycles. The Bertz CT molecular complexity index is 910. The zero-order valence-corrected chi connectivity index (χ0v) is 15.3. The van der Waals surface area contributed by atoms with Gasteiger partial charge in [0.1, 0.15) is 23.0 Å². The number of ether oxygens (including phenoxy) is 2. The number of nitrogens with one attached hydrogen (secondary N) is 1. The number of hydrazone groups is 1. The molecule has 5 heteroatoms. The third-order valence-electron chi connectivity index (χ3n) is 4.11. The van der Waals surface area contributed by atoms with Crippen molar-refractivity contribution in [1.82, 2.24) is 5.43 Å². The lowest BCUT2D eigenvalue weighted by molar-refractivity contribution is 0.384. The molecule has 0 spiro atoms. The topological polar surface area (TPSA) is 63.1 Å². The number of hydrogen-bond acceptors (Lipinski definition) is 5. The molecule has 0 unspecified atom stereocenters. The first-order chi connectivity index (χ1) is 13.2. The summed E-state index contributed by atoms with van der Waals surface area (Å²) in [5, 5.41) is 15.2. The van der Waals surface area contributed by atoms with Crippen LogP contribution in [0.15, 0.2) is 77.9 Å². The summed E-state index contributed by atoms with van der Waals surface area (Å²) in [7, 11) is 3.10. The molecule has 0 aliphatic rings. The molecular formula is C22H22N2O3.